The number of piperidine rings is 2. The summed E-state index contributed by atoms with van der Waals surface area (Å²) in [5.41, 5.74) is -1.26. The summed E-state index contributed by atoms with van der Waals surface area (Å²) in [7, 11) is 1.42. The number of hydrogen-bond acceptors (Lipinski definition) is 10. The lowest BCUT2D eigenvalue weighted by Gasteiger charge is -2.50. The molecule has 3 atom stereocenters. The van der Waals surface area contributed by atoms with Gasteiger partial charge in [0.05, 0.1) is 38.1 Å². The first-order chi connectivity index (χ1) is 24.9. The van der Waals surface area contributed by atoms with Gasteiger partial charge in [-0.25, -0.2) is 13.8 Å². The summed E-state index contributed by atoms with van der Waals surface area (Å²) in [5, 5.41) is 22.7. The van der Waals surface area contributed by atoms with Crippen LogP contribution in [0.15, 0.2) is 24.3 Å². The number of β-amino-alcohol motifs (C(OH)–C–C–N with tert-alkyl or cyclic N) is 1. The molecule has 12 heteroatoms. The molecule has 0 bridgehead atoms. The van der Waals surface area contributed by atoms with E-state index in [1.807, 2.05) is 4.90 Å². The molecule has 4 aromatic rings. The van der Waals surface area contributed by atoms with Crippen molar-refractivity contribution in [3.63, 3.8) is 0 Å². The number of hydrogen-bond donors (Lipinski definition) is 2. The minimum Gasteiger partial charge on any atom is -0.508 e. The maximum absolute atomic E-state index is 17.2. The Labute approximate surface area is 302 Å². The summed E-state index contributed by atoms with van der Waals surface area (Å²) >= 11 is 0. The molecule has 1 saturated carbocycles. The number of likely N-dealkylation sites (tertiary alicyclic amines) is 1. The van der Waals surface area contributed by atoms with Gasteiger partial charge in [0.15, 0.2) is 5.82 Å². The highest BCUT2D eigenvalue weighted by Crippen LogP contribution is 2.49. The number of ether oxygens (including phenoxy) is 3. The summed E-state index contributed by atoms with van der Waals surface area (Å²) in [5.74, 6) is 1.09. The van der Waals surface area contributed by atoms with Crippen LogP contribution in [0, 0.1) is 34.8 Å². The Kier molecular flexibility index (Phi) is 8.67. The molecule has 8 rings (SSSR count). The van der Waals surface area contributed by atoms with Gasteiger partial charge in [-0.05, 0) is 75.6 Å². The molecule has 3 aliphatic heterocycles. The smallest absolute Gasteiger partial charge is 0.319 e. The van der Waals surface area contributed by atoms with E-state index >= 15 is 8.78 Å². The van der Waals surface area contributed by atoms with Crippen molar-refractivity contribution in [1.29, 1.82) is 0 Å². The molecule has 5 heterocycles. The highest BCUT2D eigenvalue weighted by atomic mass is 19.1. The van der Waals surface area contributed by atoms with Crippen molar-refractivity contribution in [3.05, 3.63) is 41.5 Å². The van der Waals surface area contributed by atoms with E-state index in [4.69, 9.17) is 30.6 Å². The second-order valence-corrected chi connectivity index (χ2v) is 16.0. The van der Waals surface area contributed by atoms with E-state index < -0.39 is 17.2 Å². The molecular formula is C40H45F2N5O5. The first-order valence-corrected chi connectivity index (χ1v) is 18.2. The normalized spacial score (nSPS) is 25.9. The van der Waals surface area contributed by atoms with E-state index in [-0.39, 0.29) is 68.1 Å². The van der Waals surface area contributed by atoms with Crippen molar-refractivity contribution < 1.29 is 33.2 Å². The lowest BCUT2D eigenvalue weighted by Crippen LogP contribution is -2.57. The maximum Gasteiger partial charge on any atom is 0.319 e. The van der Waals surface area contributed by atoms with E-state index in [1.165, 1.54) is 31.4 Å². The molecule has 2 N–H and O–H groups in total. The number of fused-ring (bicyclic) bond motifs is 3. The van der Waals surface area contributed by atoms with E-state index in [9.17, 15) is 10.2 Å². The third kappa shape index (κ3) is 5.96. The molecule has 1 aliphatic carbocycles. The van der Waals surface area contributed by atoms with Crippen molar-refractivity contribution in [3.8, 4) is 41.2 Å². The van der Waals surface area contributed by atoms with Crippen molar-refractivity contribution >= 4 is 27.5 Å². The Balaban J connectivity index is 1.26. The minimum atomic E-state index is -1.00. The van der Waals surface area contributed by atoms with Crippen LogP contribution in [0.5, 0.6) is 17.6 Å². The average molecular weight is 714 g/mol. The third-order valence-corrected chi connectivity index (χ3v) is 11.7. The summed E-state index contributed by atoms with van der Waals surface area (Å²) in [4.78, 5) is 18.7. The Bertz CT molecular complexity index is 2100. The molecular weight excluding hydrogens is 668 g/mol. The van der Waals surface area contributed by atoms with E-state index in [0.29, 0.717) is 43.2 Å². The van der Waals surface area contributed by atoms with Gasteiger partial charge in [-0.3, -0.25) is 4.90 Å². The molecule has 4 fully saturated rings. The number of terminal acetylenes is 1. The zero-order valence-electron chi connectivity index (χ0n) is 30.0. The molecule has 10 nitrogen and oxygen atoms in total. The molecule has 0 amide bonds. The van der Waals surface area contributed by atoms with Crippen LogP contribution < -0.4 is 14.4 Å². The number of rotatable bonds is 8. The van der Waals surface area contributed by atoms with Gasteiger partial charge >= 0.3 is 6.01 Å². The monoisotopic (exact) mass is 713 g/mol. The summed E-state index contributed by atoms with van der Waals surface area (Å²) < 4.78 is 50.2. The van der Waals surface area contributed by atoms with Crippen LogP contribution in [0.25, 0.3) is 32.9 Å². The number of phenolic OH excluding ortho intramolecular Hbond substituents is 1. The van der Waals surface area contributed by atoms with Crippen LogP contribution in [-0.2, 0) is 4.74 Å². The fraction of sp³-hybridized carbons (Fsp3) is 0.525. The molecule has 3 unspecified atom stereocenters. The van der Waals surface area contributed by atoms with Crippen molar-refractivity contribution in [1.82, 2.24) is 19.9 Å². The first kappa shape index (κ1) is 34.8. The number of halogens is 2. The predicted octanol–water partition coefficient (Wildman–Crippen LogP) is 6.22. The SMILES string of the molecule is C#Cc1c(F)ccc2cc(O)cc(-c3nc(OC)c4c(N5CCCC(C)(O)C5)nc(OCC56CCCC5N(CC5(C)COC5)CCC6)nc4c3F)c12. The van der Waals surface area contributed by atoms with Crippen molar-refractivity contribution in [2.75, 3.05) is 58.0 Å². The van der Waals surface area contributed by atoms with Gasteiger partial charge in [0.25, 0.3) is 0 Å². The number of phenols is 1. The largest absolute Gasteiger partial charge is 0.508 e. The van der Waals surface area contributed by atoms with Crippen LogP contribution in [0.2, 0.25) is 0 Å². The second-order valence-electron chi connectivity index (χ2n) is 16.0. The lowest BCUT2D eigenvalue weighted by atomic mass is 9.74. The number of aromatic nitrogens is 3. The molecule has 52 heavy (non-hydrogen) atoms. The maximum atomic E-state index is 17.2. The zero-order chi connectivity index (χ0) is 36.4. The van der Waals surface area contributed by atoms with Crippen molar-refractivity contribution in [2.45, 2.75) is 70.4 Å². The number of aromatic hydroxyl groups is 1. The highest BCUT2D eigenvalue weighted by Gasteiger charge is 2.50. The summed E-state index contributed by atoms with van der Waals surface area (Å²) in [6, 6.07) is 5.80. The van der Waals surface area contributed by atoms with Gasteiger partial charge in [0.2, 0.25) is 5.88 Å². The fourth-order valence-corrected chi connectivity index (χ4v) is 9.32. The molecule has 3 saturated heterocycles. The molecule has 274 valence electrons. The molecule has 2 aromatic carbocycles. The van der Waals surface area contributed by atoms with E-state index in [2.05, 4.69) is 22.7 Å². The van der Waals surface area contributed by atoms with Gasteiger partial charge in [-0.2, -0.15) is 9.97 Å². The predicted molar refractivity (Wildman–Crippen MR) is 194 cm³/mol. The number of pyridine rings is 1. The third-order valence-electron chi connectivity index (χ3n) is 11.7. The Morgan fingerprint density at radius 2 is 1.83 bits per heavy atom. The topological polar surface area (TPSA) is 113 Å². The number of anilines is 1. The molecule has 0 radical (unpaired) electrons. The van der Waals surface area contributed by atoms with Crippen LogP contribution in [-0.4, -0.2) is 94.8 Å². The van der Waals surface area contributed by atoms with Crippen molar-refractivity contribution in [2.24, 2.45) is 10.8 Å². The summed E-state index contributed by atoms with van der Waals surface area (Å²) in [6.45, 7) is 8.83. The average Bonchev–Trinajstić information content (AvgIpc) is 3.55. The van der Waals surface area contributed by atoms with Gasteiger partial charge in [-0.1, -0.05) is 25.3 Å². The van der Waals surface area contributed by atoms with Gasteiger partial charge < -0.3 is 29.3 Å². The Morgan fingerprint density at radius 1 is 1.04 bits per heavy atom. The van der Waals surface area contributed by atoms with Crippen LogP contribution in [0.4, 0.5) is 14.6 Å². The zero-order valence-corrected chi connectivity index (χ0v) is 30.0. The first-order valence-electron chi connectivity index (χ1n) is 18.2. The van der Waals surface area contributed by atoms with Gasteiger partial charge in [0, 0.05) is 47.5 Å². The standard InChI is InChI=1S/C40H45F2N5O5/c1-5-26-28(41)11-10-24-17-25(48)18-27(30(24)26)33-32(42)34-31(36(43-33)50-4)35(47-16-7-12-39(3,49)20-47)45-37(44-34)52-23-40-13-6-9-29(40)46(15-8-14-40)19-38(2)21-51-22-38/h1,10-11,17-18,29,48-49H,6-9,12-16,19-23H2,2-4H3. The second kappa shape index (κ2) is 13.0. The summed E-state index contributed by atoms with van der Waals surface area (Å²) in [6.07, 6.45) is 12.3. The van der Waals surface area contributed by atoms with Crippen LogP contribution in [0.1, 0.15) is 64.4 Å². The number of benzene rings is 2. The number of aliphatic hydroxyl groups is 1. The highest BCUT2D eigenvalue weighted by molar-refractivity contribution is 6.04. The quantitative estimate of drug-likeness (QED) is 0.204. The Morgan fingerprint density at radius 3 is 2.56 bits per heavy atom. The minimum absolute atomic E-state index is 0.0125. The van der Waals surface area contributed by atoms with Crippen LogP contribution in [0.3, 0.4) is 0 Å². The molecule has 0 spiro atoms. The van der Waals surface area contributed by atoms with E-state index in [1.54, 1.807) is 6.92 Å². The lowest BCUT2D eigenvalue weighted by molar-refractivity contribution is -0.130. The molecule has 2 aromatic heterocycles. The van der Waals surface area contributed by atoms with Gasteiger partial charge in [0.1, 0.15) is 34.0 Å². The van der Waals surface area contributed by atoms with Crippen LogP contribution >= 0.6 is 0 Å². The fourth-order valence-electron chi connectivity index (χ4n) is 9.32. The number of methoxy groups -OCH3 is 1. The molecule has 4 aliphatic rings. The Hall–Kier alpha value is -4.31. The van der Waals surface area contributed by atoms with E-state index in [0.717, 1.165) is 58.4 Å². The van der Waals surface area contributed by atoms with Gasteiger partial charge in [-0.15, -0.1) is 6.42 Å². The number of nitrogens with zero attached hydrogens (tertiary/aromatic N) is 5.